The van der Waals surface area contributed by atoms with Crippen LogP contribution in [0.2, 0.25) is 0 Å². The Hall–Kier alpha value is -1.46. The SMILES string of the molecule is O=C([C@H]1CCCCn2nnnc21)N1CC2C[C@H]3CC1C[C@H](C2)C3. The molecule has 0 N–H and O–H groups in total. The highest BCUT2D eigenvalue weighted by Crippen LogP contribution is 2.48. The van der Waals surface area contributed by atoms with E-state index >= 15 is 0 Å². The number of carbonyl (C=O) groups is 1. The van der Waals surface area contributed by atoms with E-state index in [1.807, 2.05) is 4.68 Å². The summed E-state index contributed by atoms with van der Waals surface area (Å²) < 4.78 is 1.86. The number of hydrogen-bond donors (Lipinski definition) is 0. The highest BCUT2D eigenvalue weighted by molar-refractivity contribution is 5.83. The zero-order chi connectivity index (χ0) is 15.4. The molecule has 0 unspecified atom stereocenters. The molecule has 6 rings (SSSR count). The minimum Gasteiger partial charge on any atom is -0.339 e. The van der Waals surface area contributed by atoms with Gasteiger partial charge in [0.2, 0.25) is 5.91 Å². The van der Waals surface area contributed by atoms with Gasteiger partial charge in [-0.2, -0.15) is 0 Å². The lowest BCUT2D eigenvalue weighted by Crippen LogP contribution is -2.44. The van der Waals surface area contributed by atoms with Crippen LogP contribution in [0.25, 0.3) is 0 Å². The maximum Gasteiger partial charge on any atom is 0.233 e. The van der Waals surface area contributed by atoms with Gasteiger partial charge in [-0.3, -0.25) is 4.79 Å². The van der Waals surface area contributed by atoms with Crippen molar-refractivity contribution in [1.82, 2.24) is 25.1 Å². The zero-order valence-electron chi connectivity index (χ0n) is 13.6. The molecule has 0 aromatic carbocycles. The third-order valence-corrected chi connectivity index (χ3v) is 6.67. The van der Waals surface area contributed by atoms with Gasteiger partial charge in [0.15, 0.2) is 5.82 Å². The number of nitrogens with zero attached hydrogens (tertiary/aromatic N) is 5. The van der Waals surface area contributed by atoms with Gasteiger partial charge in [-0.05, 0) is 73.1 Å². The normalized spacial score (nSPS) is 39.0. The van der Waals surface area contributed by atoms with Crippen LogP contribution in [0.3, 0.4) is 0 Å². The monoisotopic (exact) mass is 315 g/mol. The molecule has 1 aromatic heterocycles. The fourth-order valence-electron chi connectivity index (χ4n) is 5.85. The fourth-order valence-corrected chi connectivity index (χ4v) is 5.85. The van der Waals surface area contributed by atoms with E-state index in [9.17, 15) is 4.79 Å². The minimum atomic E-state index is -0.122. The molecule has 1 amide bonds. The molecule has 6 heteroatoms. The van der Waals surface area contributed by atoms with Crippen LogP contribution in [0.4, 0.5) is 0 Å². The Morgan fingerprint density at radius 1 is 1.00 bits per heavy atom. The quantitative estimate of drug-likeness (QED) is 0.795. The Morgan fingerprint density at radius 3 is 2.61 bits per heavy atom. The maximum atomic E-state index is 13.4. The lowest BCUT2D eigenvalue weighted by Gasteiger charge is -2.39. The van der Waals surface area contributed by atoms with E-state index in [1.165, 1.54) is 32.1 Å². The van der Waals surface area contributed by atoms with Crippen molar-refractivity contribution in [1.29, 1.82) is 0 Å². The van der Waals surface area contributed by atoms with Crippen LogP contribution in [-0.4, -0.2) is 43.6 Å². The molecule has 2 aliphatic carbocycles. The Bertz CT molecular complexity index is 600. The summed E-state index contributed by atoms with van der Waals surface area (Å²) in [6.45, 7) is 1.83. The van der Waals surface area contributed by atoms with Gasteiger partial charge in [0.25, 0.3) is 0 Å². The number of carbonyl (C=O) groups excluding carboxylic acids is 1. The average Bonchev–Trinajstić information content (AvgIpc) is 2.78. The molecule has 6 nitrogen and oxygen atoms in total. The van der Waals surface area contributed by atoms with E-state index < -0.39 is 0 Å². The van der Waals surface area contributed by atoms with Crippen molar-refractivity contribution in [2.24, 2.45) is 17.8 Å². The van der Waals surface area contributed by atoms with Gasteiger partial charge in [-0.15, -0.1) is 5.10 Å². The number of hydrogen-bond acceptors (Lipinski definition) is 4. The lowest BCUT2D eigenvalue weighted by molar-refractivity contribution is -0.136. The first kappa shape index (κ1) is 13.9. The zero-order valence-corrected chi connectivity index (χ0v) is 13.6. The number of fused-ring (bicyclic) bond motifs is 2. The molecule has 0 radical (unpaired) electrons. The van der Waals surface area contributed by atoms with Crippen molar-refractivity contribution >= 4 is 5.91 Å². The molecule has 3 atom stereocenters. The molecule has 4 bridgehead atoms. The average molecular weight is 315 g/mol. The van der Waals surface area contributed by atoms with Crippen molar-refractivity contribution in [3.63, 3.8) is 0 Å². The summed E-state index contributed by atoms with van der Waals surface area (Å²) in [5.41, 5.74) is 0. The molecule has 1 aromatic rings. The van der Waals surface area contributed by atoms with E-state index in [0.717, 1.165) is 55.9 Å². The Balaban J connectivity index is 1.44. The number of tetrazole rings is 1. The molecule has 124 valence electrons. The van der Waals surface area contributed by atoms with E-state index in [2.05, 4.69) is 20.4 Å². The van der Waals surface area contributed by atoms with Gasteiger partial charge in [-0.25, -0.2) is 4.68 Å². The van der Waals surface area contributed by atoms with E-state index in [1.54, 1.807) is 0 Å². The molecule has 2 saturated carbocycles. The summed E-state index contributed by atoms with van der Waals surface area (Å²) >= 11 is 0. The number of aromatic nitrogens is 4. The first-order valence-corrected chi connectivity index (χ1v) is 9.34. The topological polar surface area (TPSA) is 63.9 Å². The lowest BCUT2D eigenvalue weighted by atomic mass is 9.68. The van der Waals surface area contributed by atoms with Crippen molar-refractivity contribution < 1.29 is 4.79 Å². The Kier molecular flexibility index (Phi) is 3.20. The smallest absolute Gasteiger partial charge is 0.233 e. The summed E-state index contributed by atoms with van der Waals surface area (Å²) in [6, 6.07) is 0.478. The van der Waals surface area contributed by atoms with Crippen LogP contribution >= 0.6 is 0 Å². The fraction of sp³-hybridized carbons (Fsp3) is 0.882. The third-order valence-electron chi connectivity index (χ3n) is 6.67. The second-order valence-electron chi connectivity index (χ2n) is 8.23. The van der Waals surface area contributed by atoms with Crippen LogP contribution in [0.15, 0.2) is 0 Å². The van der Waals surface area contributed by atoms with Gasteiger partial charge >= 0.3 is 0 Å². The summed E-state index contributed by atoms with van der Waals surface area (Å²) in [5.74, 6) is 3.46. The first-order valence-electron chi connectivity index (χ1n) is 9.34. The Morgan fingerprint density at radius 2 is 1.78 bits per heavy atom. The number of amides is 1. The molecule has 23 heavy (non-hydrogen) atoms. The molecule has 5 aliphatic rings. The second kappa shape index (κ2) is 5.28. The largest absolute Gasteiger partial charge is 0.339 e. The molecular weight excluding hydrogens is 290 g/mol. The molecular formula is C17H25N5O. The molecule has 3 aliphatic heterocycles. The number of aryl methyl sites for hydroxylation is 1. The number of rotatable bonds is 1. The molecule has 2 saturated heterocycles. The standard InChI is InChI=1S/C17H25N5O/c23-17(15-3-1-2-4-22-16(15)18-19-20-22)21-10-13-6-11-5-12(7-13)9-14(21)8-11/h11-15H,1-10H2/t11-,12-,13?,14?,15-/m0/s1. The van der Waals surface area contributed by atoms with E-state index in [0.29, 0.717) is 11.9 Å². The summed E-state index contributed by atoms with van der Waals surface area (Å²) in [5, 5.41) is 12.1. The van der Waals surface area contributed by atoms with Crippen LogP contribution < -0.4 is 0 Å². The molecule has 4 heterocycles. The van der Waals surface area contributed by atoms with Gasteiger partial charge in [0.1, 0.15) is 0 Å². The van der Waals surface area contributed by atoms with Gasteiger partial charge in [0, 0.05) is 19.1 Å². The van der Waals surface area contributed by atoms with Crippen molar-refractivity contribution in [2.45, 2.75) is 69.9 Å². The van der Waals surface area contributed by atoms with E-state index in [-0.39, 0.29) is 5.92 Å². The van der Waals surface area contributed by atoms with Crippen LogP contribution in [0.1, 0.15) is 63.1 Å². The predicted molar refractivity (Wildman–Crippen MR) is 83.5 cm³/mol. The highest BCUT2D eigenvalue weighted by Gasteiger charge is 2.45. The van der Waals surface area contributed by atoms with Gasteiger partial charge in [-0.1, -0.05) is 6.42 Å². The molecule has 4 fully saturated rings. The maximum absolute atomic E-state index is 13.4. The minimum absolute atomic E-state index is 0.122. The summed E-state index contributed by atoms with van der Waals surface area (Å²) in [6.07, 6.45) is 9.62. The first-order chi connectivity index (χ1) is 11.3. The second-order valence-corrected chi connectivity index (χ2v) is 8.23. The van der Waals surface area contributed by atoms with Crippen LogP contribution in [0.5, 0.6) is 0 Å². The van der Waals surface area contributed by atoms with Crippen molar-refractivity contribution in [2.75, 3.05) is 6.54 Å². The Labute approximate surface area is 136 Å². The highest BCUT2D eigenvalue weighted by atomic mass is 16.2. The van der Waals surface area contributed by atoms with Gasteiger partial charge in [0.05, 0.1) is 5.92 Å². The van der Waals surface area contributed by atoms with Gasteiger partial charge < -0.3 is 4.90 Å². The summed E-state index contributed by atoms with van der Waals surface area (Å²) in [4.78, 5) is 15.6. The van der Waals surface area contributed by atoms with Crippen molar-refractivity contribution in [3.05, 3.63) is 5.82 Å². The van der Waals surface area contributed by atoms with Crippen LogP contribution in [0, 0.1) is 17.8 Å². The predicted octanol–water partition coefficient (Wildman–Crippen LogP) is 1.98. The van der Waals surface area contributed by atoms with Crippen molar-refractivity contribution in [3.8, 4) is 0 Å². The third kappa shape index (κ3) is 2.29. The van der Waals surface area contributed by atoms with Crippen LogP contribution in [-0.2, 0) is 11.3 Å². The van der Waals surface area contributed by atoms with E-state index in [4.69, 9.17) is 0 Å². The molecule has 0 spiro atoms. The summed E-state index contributed by atoms with van der Waals surface area (Å²) in [7, 11) is 0.